The van der Waals surface area contributed by atoms with Gasteiger partial charge in [0.25, 0.3) is 0 Å². The Morgan fingerprint density at radius 1 is 1.33 bits per heavy atom. The van der Waals surface area contributed by atoms with Crippen molar-refractivity contribution in [3.05, 3.63) is 30.1 Å². The van der Waals surface area contributed by atoms with E-state index in [4.69, 9.17) is 9.57 Å². The van der Waals surface area contributed by atoms with E-state index in [2.05, 4.69) is 0 Å². The second-order valence-corrected chi connectivity index (χ2v) is 4.49. The molecule has 0 aromatic carbocycles. The van der Waals surface area contributed by atoms with E-state index in [1.807, 2.05) is 19.1 Å². The topological polar surface area (TPSA) is 39.4 Å². The van der Waals surface area contributed by atoms with Gasteiger partial charge < -0.3 is 4.74 Å². The van der Waals surface area contributed by atoms with Crippen LogP contribution in [-0.4, -0.2) is 18.7 Å². The Morgan fingerprint density at radius 2 is 2.11 bits per heavy atom. The molecule has 1 aliphatic carbocycles. The van der Waals surface area contributed by atoms with E-state index in [1.54, 1.807) is 12.3 Å². The maximum atomic E-state index is 12.1. The molecule has 0 bridgehead atoms. The van der Waals surface area contributed by atoms with Crippen LogP contribution in [0.1, 0.15) is 49.5 Å². The molecular weight excluding hydrogens is 230 g/mol. The molecule has 1 aromatic heterocycles. The quantitative estimate of drug-likeness (QED) is 0.605. The Bertz CT molecular complexity index is 400. The average Bonchev–Trinajstić information content (AvgIpc) is 2.41. The van der Waals surface area contributed by atoms with Crippen LogP contribution in [0.3, 0.4) is 0 Å². The molecule has 1 fully saturated rings. The zero-order chi connectivity index (χ0) is 12.8. The number of rotatable bonds is 4. The molecule has 4 heteroatoms. The van der Waals surface area contributed by atoms with E-state index < -0.39 is 0 Å². The molecule has 0 radical (unpaired) electrons. The lowest BCUT2D eigenvalue weighted by Crippen LogP contribution is -2.48. The van der Waals surface area contributed by atoms with Gasteiger partial charge in [-0.3, -0.25) is 4.84 Å². The number of carbonyl (C=O) groups excluding carboxylic acids is 1. The van der Waals surface area contributed by atoms with Crippen LogP contribution >= 0.6 is 0 Å². The third-order valence-electron chi connectivity index (χ3n) is 3.13. The molecule has 0 unspecified atom stereocenters. The molecule has 1 aliphatic rings. The summed E-state index contributed by atoms with van der Waals surface area (Å²) in [5.74, 6) is -0.295. The molecule has 4 nitrogen and oxygen atoms in total. The highest BCUT2D eigenvalue weighted by molar-refractivity contribution is 5.85. The van der Waals surface area contributed by atoms with Gasteiger partial charge in [0.2, 0.25) is 6.20 Å². The van der Waals surface area contributed by atoms with Crippen molar-refractivity contribution in [3.63, 3.8) is 0 Å². The minimum absolute atomic E-state index is 0.0709. The largest absolute Gasteiger partial charge is 0.454 e. The SMILES string of the molecule is CCO[n+]1ccccc1C(=O)OC1CCCCC1. The Kier molecular flexibility index (Phi) is 4.56. The fraction of sp³-hybridized carbons (Fsp3) is 0.571. The van der Waals surface area contributed by atoms with Crippen molar-refractivity contribution in [1.29, 1.82) is 0 Å². The second kappa shape index (κ2) is 6.38. The van der Waals surface area contributed by atoms with E-state index in [1.165, 1.54) is 11.2 Å². The minimum Gasteiger partial charge on any atom is -0.454 e. The first-order chi connectivity index (χ1) is 8.81. The summed E-state index contributed by atoms with van der Waals surface area (Å²) in [5, 5.41) is 0. The van der Waals surface area contributed by atoms with Gasteiger partial charge in [0.1, 0.15) is 6.10 Å². The van der Waals surface area contributed by atoms with Crippen molar-refractivity contribution in [2.24, 2.45) is 0 Å². The van der Waals surface area contributed by atoms with Crippen LogP contribution in [0.4, 0.5) is 0 Å². The number of nitrogens with zero attached hydrogens (tertiary/aromatic N) is 1. The summed E-state index contributed by atoms with van der Waals surface area (Å²) in [5.41, 5.74) is 0.449. The van der Waals surface area contributed by atoms with Crippen molar-refractivity contribution in [2.45, 2.75) is 45.1 Å². The number of ether oxygens (including phenoxy) is 1. The summed E-state index contributed by atoms with van der Waals surface area (Å²) >= 11 is 0. The molecule has 18 heavy (non-hydrogen) atoms. The zero-order valence-corrected chi connectivity index (χ0v) is 10.8. The highest BCUT2D eigenvalue weighted by atomic mass is 16.7. The molecule has 0 spiro atoms. The van der Waals surface area contributed by atoms with Crippen LogP contribution in [0, 0.1) is 0 Å². The smallest absolute Gasteiger partial charge is 0.408 e. The minimum atomic E-state index is -0.295. The maximum Gasteiger partial charge on any atom is 0.408 e. The molecule has 1 saturated carbocycles. The van der Waals surface area contributed by atoms with E-state index in [-0.39, 0.29) is 12.1 Å². The summed E-state index contributed by atoms with van der Waals surface area (Å²) in [7, 11) is 0. The van der Waals surface area contributed by atoms with Crippen molar-refractivity contribution in [2.75, 3.05) is 6.61 Å². The fourth-order valence-electron chi connectivity index (χ4n) is 2.23. The Labute approximate surface area is 107 Å². The number of esters is 1. The van der Waals surface area contributed by atoms with Gasteiger partial charge in [-0.25, -0.2) is 4.79 Å². The number of hydrogen-bond acceptors (Lipinski definition) is 3. The first-order valence-corrected chi connectivity index (χ1v) is 6.66. The van der Waals surface area contributed by atoms with Gasteiger partial charge in [-0.1, -0.05) is 6.42 Å². The molecule has 1 aromatic rings. The van der Waals surface area contributed by atoms with E-state index in [0.717, 1.165) is 25.7 Å². The summed E-state index contributed by atoms with van der Waals surface area (Å²) in [6.07, 6.45) is 7.30. The van der Waals surface area contributed by atoms with Gasteiger partial charge in [0.05, 0.1) is 0 Å². The van der Waals surface area contributed by atoms with Gasteiger partial charge in [0.15, 0.2) is 6.61 Å². The third kappa shape index (κ3) is 3.22. The number of pyridine rings is 1. The van der Waals surface area contributed by atoms with Gasteiger partial charge in [-0.15, -0.1) is 0 Å². The first-order valence-electron chi connectivity index (χ1n) is 6.66. The van der Waals surface area contributed by atoms with Gasteiger partial charge in [0, 0.05) is 16.9 Å². The van der Waals surface area contributed by atoms with Crippen LogP contribution in [-0.2, 0) is 4.74 Å². The molecular formula is C14H20NO3+. The van der Waals surface area contributed by atoms with Crippen molar-refractivity contribution >= 4 is 5.97 Å². The fourth-order valence-corrected chi connectivity index (χ4v) is 2.23. The van der Waals surface area contributed by atoms with Crippen LogP contribution in [0.2, 0.25) is 0 Å². The normalized spacial score (nSPS) is 16.3. The molecule has 0 atom stereocenters. The van der Waals surface area contributed by atoms with Gasteiger partial charge in [-0.05, 0) is 38.7 Å². The van der Waals surface area contributed by atoms with Crippen molar-refractivity contribution in [3.8, 4) is 0 Å². The van der Waals surface area contributed by atoms with E-state index in [9.17, 15) is 4.79 Å². The Hall–Kier alpha value is -1.58. The lowest BCUT2D eigenvalue weighted by molar-refractivity contribution is -0.892. The first kappa shape index (κ1) is 12.9. The average molecular weight is 250 g/mol. The Balaban J connectivity index is 2.03. The van der Waals surface area contributed by atoms with Gasteiger partial charge in [-0.2, -0.15) is 0 Å². The van der Waals surface area contributed by atoms with E-state index >= 15 is 0 Å². The highest BCUT2D eigenvalue weighted by Gasteiger charge is 2.26. The van der Waals surface area contributed by atoms with E-state index in [0.29, 0.717) is 12.3 Å². The van der Waals surface area contributed by atoms with Crippen LogP contribution in [0.5, 0.6) is 0 Å². The number of hydrogen-bond donors (Lipinski definition) is 0. The molecule has 0 aliphatic heterocycles. The van der Waals surface area contributed by atoms with Crippen molar-refractivity contribution < 1.29 is 19.1 Å². The van der Waals surface area contributed by atoms with Crippen LogP contribution < -0.4 is 9.57 Å². The predicted octanol–water partition coefficient (Wildman–Crippen LogP) is 1.91. The maximum absolute atomic E-state index is 12.1. The van der Waals surface area contributed by atoms with Gasteiger partial charge >= 0.3 is 11.7 Å². The third-order valence-corrected chi connectivity index (χ3v) is 3.13. The Morgan fingerprint density at radius 3 is 2.83 bits per heavy atom. The summed E-state index contributed by atoms with van der Waals surface area (Å²) in [6, 6.07) is 5.36. The van der Waals surface area contributed by atoms with Crippen LogP contribution in [0.15, 0.2) is 24.4 Å². The zero-order valence-electron chi connectivity index (χ0n) is 10.8. The molecule has 2 rings (SSSR count). The highest BCUT2D eigenvalue weighted by Crippen LogP contribution is 2.20. The number of aromatic nitrogens is 1. The molecule has 98 valence electrons. The number of carbonyl (C=O) groups is 1. The second-order valence-electron chi connectivity index (χ2n) is 4.49. The summed E-state index contributed by atoms with van der Waals surface area (Å²) in [4.78, 5) is 17.4. The lowest BCUT2D eigenvalue weighted by Gasteiger charge is -2.20. The predicted molar refractivity (Wildman–Crippen MR) is 66.0 cm³/mol. The monoisotopic (exact) mass is 250 g/mol. The standard InChI is InChI=1S/C14H20NO3/c1-2-17-15-11-7-6-10-13(15)14(16)18-12-8-4-3-5-9-12/h6-7,10-12H,2-5,8-9H2,1H3/q+1. The molecule has 0 saturated heterocycles. The summed E-state index contributed by atoms with van der Waals surface area (Å²) in [6.45, 7) is 2.40. The molecule has 0 N–H and O–H groups in total. The molecule has 1 heterocycles. The summed E-state index contributed by atoms with van der Waals surface area (Å²) < 4.78 is 7.00. The van der Waals surface area contributed by atoms with Crippen LogP contribution in [0.25, 0.3) is 0 Å². The van der Waals surface area contributed by atoms with Crippen molar-refractivity contribution in [1.82, 2.24) is 0 Å². The molecule has 0 amide bonds. The lowest BCUT2D eigenvalue weighted by atomic mass is 9.98.